The highest BCUT2D eigenvalue weighted by Crippen LogP contribution is 2.18. The van der Waals surface area contributed by atoms with Gasteiger partial charge in [-0.25, -0.2) is 0 Å². The molecule has 0 aliphatic heterocycles. The van der Waals surface area contributed by atoms with Crippen molar-refractivity contribution in [2.24, 2.45) is 0 Å². The van der Waals surface area contributed by atoms with Gasteiger partial charge in [0.15, 0.2) is 6.10 Å². The van der Waals surface area contributed by atoms with E-state index in [1.54, 1.807) is 0 Å². The second-order valence-electron chi connectivity index (χ2n) is 23.4. The fourth-order valence-corrected chi connectivity index (χ4v) is 10.1. The predicted octanol–water partition coefficient (Wildman–Crippen LogP) is 24.4. The zero-order chi connectivity index (χ0) is 59.2. The van der Waals surface area contributed by atoms with Crippen molar-refractivity contribution in [3.8, 4) is 0 Å². The Kier molecular flexibility index (Phi) is 66.7. The second kappa shape index (κ2) is 69.8. The zero-order valence-electron chi connectivity index (χ0n) is 54.2. The quantitative estimate of drug-likeness (QED) is 0.0261. The number of hydrogen-bond donors (Lipinski definition) is 0. The number of esters is 3. The number of unbranched alkanes of at least 4 members (excludes halogenated alkanes) is 37. The number of allylic oxidation sites excluding steroid dienone is 16. The number of hydrogen-bond acceptors (Lipinski definition) is 6. The van der Waals surface area contributed by atoms with E-state index in [1.165, 1.54) is 205 Å². The molecule has 6 heteroatoms. The van der Waals surface area contributed by atoms with E-state index >= 15 is 0 Å². The summed E-state index contributed by atoms with van der Waals surface area (Å²) in [4.78, 5) is 38.4. The van der Waals surface area contributed by atoms with Crippen LogP contribution >= 0.6 is 0 Å². The zero-order valence-corrected chi connectivity index (χ0v) is 54.2. The van der Waals surface area contributed by atoms with Crippen molar-refractivity contribution >= 4 is 17.9 Å². The molecule has 472 valence electrons. The van der Waals surface area contributed by atoms with Crippen molar-refractivity contribution in [2.75, 3.05) is 13.2 Å². The lowest BCUT2D eigenvalue weighted by molar-refractivity contribution is -0.167. The van der Waals surface area contributed by atoms with E-state index in [0.717, 1.165) is 96.3 Å². The van der Waals surface area contributed by atoms with Crippen LogP contribution in [-0.4, -0.2) is 37.2 Å². The molecular weight excluding hydrogens is 1010 g/mol. The Bertz CT molecular complexity index is 1590. The first-order valence-corrected chi connectivity index (χ1v) is 35.2. The van der Waals surface area contributed by atoms with Gasteiger partial charge in [0.1, 0.15) is 13.2 Å². The Hall–Kier alpha value is -3.67. The van der Waals surface area contributed by atoms with Gasteiger partial charge in [0.25, 0.3) is 0 Å². The standard InChI is InChI=1S/C76H132O6/c1-4-7-10-13-16-19-22-25-28-31-33-35-37-39-40-42-45-48-51-54-57-60-63-66-69-75(78)81-72-73(71-80-74(77)68-65-62-59-56-53-50-47-44-30-27-24-21-18-15-12-9-6-3)82-76(79)70-67-64-61-58-55-52-49-46-43-41-38-36-34-32-29-26-23-20-17-14-11-8-5-2/h9,12,18,21,23,26-27,30,32,34,38,41,47,50,56,59,73H,4-8,10-11,13-17,19-20,22,24-25,28-29,31,33,35-37,39-40,42-46,48-49,51-55,57-58,60-72H2,1-3H3/b12-9-,21-18-,26-23-,30-27-,34-32-,41-38-,50-47-,59-56-. The molecule has 0 aromatic carbocycles. The Morgan fingerprint density at radius 2 is 0.488 bits per heavy atom. The van der Waals surface area contributed by atoms with Crippen molar-refractivity contribution in [1.29, 1.82) is 0 Å². The van der Waals surface area contributed by atoms with Crippen LogP contribution in [0.3, 0.4) is 0 Å². The Morgan fingerprint density at radius 1 is 0.256 bits per heavy atom. The summed E-state index contributed by atoms with van der Waals surface area (Å²) in [5.74, 6) is -0.948. The van der Waals surface area contributed by atoms with Crippen molar-refractivity contribution < 1.29 is 28.6 Å². The molecule has 0 saturated heterocycles. The van der Waals surface area contributed by atoms with Crippen LogP contribution in [0.4, 0.5) is 0 Å². The molecule has 1 unspecified atom stereocenters. The lowest BCUT2D eigenvalue weighted by Crippen LogP contribution is -2.30. The summed E-state index contributed by atoms with van der Waals surface area (Å²) < 4.78 is 16.9. The van der Waals surface area contributed by atoms with Gasteiger partial charge in [-0.05, 0) is 96.3 Å². The molecule has 0 radical (unpaired) electrons. The van der Waals surface area contributed by atoms with Crippen molar-refractivity contribution in [2.45, 2.75) is 354 Å². The van der Waals surface area contributed by atoms with Gasteiger partial charge in [0, 0.05) is 19.3 Å². The van der Waals surface area contributed by atoms with Gasteiger partial charge in [-0.3, -0.25) is 14.4 Å². The molecule has 1 atom stereocenters. The van der Waals surface area contributed by atoms with Crippen molar-refractivity contribution in [3.05, 3.63) is 97.2 Å². The maximum absolute atomic E-state index is 13.0. The molecule has 0 amide bonds. The van der Waals surface area contributed by atoms with Gasteiger partial charge in [-0.1, -0.05) is 330 Å². The Labute approximate surface area is 508 Å². The van der Waals surface area contributed by atoms with Crippen molar-refractivity contribution in [3.63, 3.8) is 0 Å². The van der Waals surface area contributed by atoms with Gasteiger partial charge < -0.3 is 14.2 Å². The fourth-order valence-electron chi connectivity index (χ4n) is 10.1. The first-order valence-electron chi connectivity index (χ1n) is 35.2. The maximum atomic E-state index is 13.0. The SMILES string of the molecule is CC/C=C\C/C=C\C/C=C\C/C=C\C/C=C\CCCC(=O)OCC(COC(=O)CCCCCCCCCCCCCCCCCCCCCCCCCC)OC(=O)CCCCCCCCCC/C=C\C/C=C\C/C=C\CCCCCCC. The first kappa shape index (κ1) is 78.3. The third-order valence-electron chi connectivity index (χ3n) is 15.3. The lowest BCUT2D eigenvalue weighted by atomic mass is 10.0. The smallest absolute Gasteiger partial charge is 0.306 e. The molecule has 0 rings (SSSR count). The molecule has 0 saturated carbocycles. The predicted molar refractivity (Wildman–Crippen MR) is 357 cm³/mol. The highest BCUT2D eigenvalue weighted by Gasteiger charge is 2.19. The molecule has 0 aromatic rings. The monoisotopic (exact) mass is 1140 g/mol. The molecule has 0 aromatic heterocycles. The molecule has 6 nitrogen and oxygen atoms in total. The van der Waals surface area contributed by atoms with E-state index in [4.69, 9.17) is 14.2 Å². The summed E-state index contributed by atoms with van der Waals surface area (Å²) in [6, 6.07) is 0. The topological polar surface area (TPSA) is 78.9 Å². The first-order chi connectivity index (χ1) is 40.5. The molecule has 0 bridgehead atoms. The summed E-state index contributed by atoms with van der Waals surface area (Å²) in [5.41, 5.74) is 0. The summed E-state index contributed by atoms with van der Waals surface area (Å²) in [6.45, 7) is 6.51. The van der Waals surface area contributed by atoms with E-state index in [0.29, 0.717) is 19.3 Å². The van der Waals surface area contributed by atoms with Gasteiger partial charge in [0.05, 0.1) is 0 Å². The summed E-state index contributed by atoms with van der Waals surface area (Å²) >= 11 is 0. The summed E-state index contributed by atoms with van der Waals surface area (Å²) in [5, 5.41) is 0. The maximum Gasteiger partial charge on any atom is 0.306 e. The average Bonchev–Trinajstić information content (AvgIpc) is 3.47. The lowest BCUT2D eigenvalue weighted by Gasteiger charge is -2.18. The molecule has 0 aliphatic carbocycles. The van der Waals surface area contributed by atoms with Crippen LogP contribution in [0.2, 0.25) is 0 Å². The third-order valence-corrected chi connectivity index (χ3v) is 15.3. The molecule has 0 heterocycles. The van der Waals surface area contributed by atoms with E-state index in [-0.39, 0.29) is 37.5 Å². The molecule has 0 spiro atoms. The van der Waals surface area contributed by atoms with Crippen LogP contribution in [0.25, 0.3) is 0 Å². The molecule has 0 aliphatic rings. The number of rotatable bonds is 64. The van der Waals surface area contributed by atoms with Gasteiger partial charge >= 0.3 is 17.9 Å². The van der Waals surface area contributed by atoms with E-state index < -0.39 is 6.10 Å². The van der Waals surface area contributed by atoms with Crippen LogP contribution in [0.1, 0.15) is 348 Å². The molecule has 0 fully saturated rings. The van der Waals surface area contributed by atoms with Crippen LogP contribution in [0, 0.1) is 0 Å². The molecular formula is C76H132O6. The minimum absolute atomic E-state index is 0.0959. The van der Waals surface area contributed by atoms with Gasteiger partial charge in [-0.2, -0.15) is 0 Å². The number of ether oxygens (including phenoxy) is 3. The largest absolute Gasteiger partial charge is 0.462 e. The van der Waals surface area contributed by atoms with E-state index in [2.05, 4.69) is 118 Å². The second-order valence-corrected chi connectivity index (χ2v) is 23.4. The fraction of sp³-hybridized carbons (Fsp3) is 0.750. The van der Waals surface area contributed by atoms with E-state index in [1.807, 2.05) is 0 Å². The summed E-state index contributed by atoms with van der Waals surface area (Å²) in [6.07, 6.45) is 94.4. The highest BCUT2D eigenvalue weighted by atomic mass is 16.6. The Balaban J connectivity index is 4.40. The van der Waals surface area contributed by atoms with Crippen LogP contribution < -0.4 is 0 Å². The van der Waals surface area contributed by atoms with Gasteiger partial charge in [0.2, 0.25) is 0 Å². The molecule has 82 heavy (non-hydrogen) atoms. The summed E-state index contributed by atoms with van der Waals surface area (Å²) in [7, 11) is 0. The number of carbonyl (C=O) groups excluding carboxylic acids is 3. The van der Waals surface area contributed by atoms with Gasteiger partial charge in [-0.15, -0.1) is 0 Å². The Morgan fingerprint density at radius 3 is 0.793 bits per heavy atom. The van der Waals surface area contributed by atoms with Crippen molar-refractivity contribution in [1.82, 2.24) is 0 Å². The third kappa shape index (κ3) is 67.1. The normalized spacial score (nSPS) is 12.7. The average molecular weight is 1140 g/mol. The minimum atomic E-state index is -0.807. The van der Waals surface area contributed by atoms with Crippen LogP contribution in [0.15, 0.2) is 97.2 Å². The van der Waals surface area contributed by atoms with Crippen LogP contribution in [-0.2, 0) is 28.6 Å². The highest BCUT2D eigenvalue weighted by molar-refractivity contribution is 5.71. The minimum Gasteiger partial charge on any atom is -0.462 e. The number of carbonyl (C=O) groups is 3. The van der Waals surface area contributed by atoms with Crippen LogP contribution in [0.5, 0.6) is 0 Å². The van der Waals surface area contributed by atoms with E-state index in [9.17, 15) is 14.4 Å². The molecule has 0 N–H and O–H groups in total.